The quantitative estimate of drug-likeness (QED) is 0.650. The fraction of sp³-hybridized carbons (Fsp3) is 0.917. The topological polar surface area (TPSA) is 121 Å². The van der Waals surface area contributed by atoms with Crippen molar-refractivity contribution in [1.82, 2.24) is 20.2 Å². The first-order chi connectivity index (χ1) is 15.2. The number of carboxylic acids is 1. The Morgan fingerprint density at radius 3 is 2.72 bits per heavy atom. The summed E-state index contributed by atoms with van der Waals surface area (Å²) in [6.07, 6.45) is 6.31. The van der Waals surface area contributed by atoms with Crippen LogP contribution in [-0.2, 0) is 16.8 Å². The third-order valence-electron chi connectivity index (χ3n) is 10.4. The van der Waals surface area contributed by atoms with E-state index in [-0.39, 0.29) is 53.1 Å². The van der Waals surface area contributed by atoms with Crippen LogP contribution < -0.4 is 0 Å². The molecule has 3 aliphatic carbocycles. The Bertz CT molecular complexity index is 876. The minimum Gasteiger partial charge on any atom is -0.481 e. The maximum absolute atomic E-state index is 11.5. The summed E-state index contributed by atoms with van der Waals surface area (Å²) in [5.74, 6) is 1.70. The smallest absolute Gasteiger partial charge is 0.303 e. The molecule has 3 N–H and O–H groups in total. The van der Waals surface area contributed by atoms with E-state index in [2.05, 4.69) is 41.0 Å². The van der Waals surface area contributed by atoms with Crippen LogP contribution in [0.3, 0.4) is 0 Å². The lowest BCUT2D eigenvalue weighted by atomic mass is 9.48. The van der Waals surface area contributed by atoms with Gasteiger partial charge in [-0.15, -0.1) is 5.10 Å². The monoisotopic (exact) mass is 446 g/mol. The van der Waals surface area contributed by atoms with Crippen molar-refractivity contribution < 1.29 is 20.1 Å². The molecule has 2 heterocycles. The first-order valence-corrected chi connectivity index (χ1v) is 12.5. The van der Waals surface area contributed by atoms with E-state index >= 15 is 0 Å². The molecule has 3 saturated carbocycles. The van der Waals surface area contributed by atoms with E-state index in [1.807, 2.05) is 0 Å². The van der Waals surface area contributed by atoms with Gasteiger partial charge in [-0.3, -0.25) is 4.79 Å². The van der Waals surface area contributed by atoms with Gasteiger partial charge in [0.15, 0.2) is 5.82 Å². The van der Waals surface area contributed by atoms with Crippen molar-refractivity contribution >= 4 is 5.97 Å². The number of tetrazole rings is 1. The van der Waals surface area contributed by atoms with E-state index in [1.165, 1.54) is 0 Å². The molecule has 0 unspecified atom stereocenters. The van der Waals surface area contributed by atoms with E-state index in [0.717, 1.165) is 50.8 Å². The van der Waals surface area contributed by atoms with Gasteiger partial charge in [-0.2, -0.15) is 0 Å². The third kappa shape index (κ3) is 3.16. The van der Waals surface area contributed by atoms with Gasteiger partial charge in [0.1, 0.15) is 0 Å². The fourth-order valence-corrected chi connectivity index (χ4v) is 8.76. The average molecular weight is 447 g/mol. The largest absolute Gasteiger partial charge is 0.481 e. The van der Waals surface area contributed by atoms with E-state index in [0.29, 0.717) is 12.3 Å². The predicted octanol–water partition coefficient (Wildman–Crippen LogP) is 2.64. The van der Waals surface area contributed by atoms with E-state index < -0.39 is 12.1 Å². The molecule has 8 nitrogen and oxygen atoms in total. The van der Waals surface area contributed by atoms with Crippen molar-refractivity contribution in [2.24, 2.45) is 40.9 Å². The SMILES string of the molecule is C[C@H](CCC(=O)O)[C@H]1CC[C@H]2[C@@H]3[C@H](O)C[C@@H]4C[C@H](O)CC[C@]4(C)[C@H]3Cc3nnnn3[C@]12C. The minimum atomic E-state index is -0.748. The average Bonchev–Trinajstić information content (AvgIpc) is 3.31. The highest BCUT2D eigenvalue weighted by atomic mass is 16.4. The molecule has 0 radical (unpaired) electrons. The summed E-state index contributed by atoms with van der Waals surface area (Å²) in [4.78, 5) is 11.2. The van der Waals surface area contributed by atoms with Gasteiger partial charge in [-0.25, -0.2) is 4.68 Å². The highest BCUT2D eigenvalue weighted by Crippen LogP contribution is 2.64. The Labute approximate surface area is 189 Å². The van der Waals surface area contributed by atoms with Gasteiger partial charge >= 0.3 is 5.97 Å². The van der Waals surface area contributed by atoms with Crippen LogP contribution in [-0.4, -0.2) is 53.7 Å². The summed E-state index contributed by atoms with van der Waals surface area (Å²) < 4.78 is 2.06. The van der Waals surface area contributed by atoms with Gasteiger partial charge in [0, 0.05) is 12.8 Å². The summed E-state index contributed by atoms with van der Waals surface area (Å²) in [6.45, 7) is 6.82. The molecule has 3 fully saturated rings. The van der Waals surface area contributed by atoms with Crippen LogP contribution in [0, 0.1) is 40.9 Å². The van der Waals surface area contributed by atoms with Gasteiger partial charge in [0.05, 0.1) is 17.7 Å². The van der Waals surface area contributed by atoms with Crippen LogP contribution in [0.15, 0.2) is 0 Å². The van der Waals surface area contributed by atoms with Crippen molar-refractivity contribution in [3.63, 3.8) is 0 Å². The summed E-state index contributed by atoms with van der Waals surface area (Å²) in [5, 5.41) is 44.1. The van der Waals surface area contributed by atoms with Crippen molar-refractivity contribution in [1.29, 1.82) is 0 Å². The molecule has 10 atom stereocenters. The zero-order valence-electron chi connectivity index (χ0n) is 19.5. The van der Waals surface area contributed by atoms with Crippen LogP contribution in [0.2, 0.25) is 0 Å². The zero-order chi connectivity index (χ0) is 22.8. The van der Waals surface area contributed by atoms with Gasteiger partial charge in [0.2, 0.25) is 0 Å². The number of carboxylic acid groups (broad SMARTS) is 1. The second-order valence-electron chi connectivity index (χ2n) is 11.8. The second-order valence-corrected chi connectivity index (χ2v) is 11.8. The summed E-state index contributed by atoms with van der Waals surface area (Å²) >= 11 is 0. The molecule has 1 aromatic heterocycles. The van der Waals surface area contributed by atoms with Crippen LogP contribution in [0.5, 0.6) is 0 Å². The Morgan fingerprint density at radius 2 is 1.97 bits per heavy atom. The van der Waals surface area contributed by atoms with Gasteiger partial charge in [-0.1, -0.05) is 13.8 Å². The fourth-order valence-electron chi connectivity index (χ4n) is 8.76. The van der Waals surface area contributed by atoms with Crippen LogP contribution in [0.25, 0.3) is 0 Å². The molecule has 0 bridgehead atoms. The van der Waals surface area contributed by atoms with E-state index in [4.69, 9.17) is 0 Å². The van der Waals surface area contributed by atoms with Crippen LogP contribution in [0.4, 0.5) is 0 Å². The lowest BCUT2D eigenvalue weighted by Gasteiger charge is -2.57. The van der Waals surface area contributed by atoms with Crippen molar-refractivity contribution in [2.45, 2.75) is 96.3 Å². The molecule has 32 heavy (non-hydrogen) atoms. The van der Waals surface area contributed by atoms with Gasteiger partial charge in [-0.05, 0) is 103 Å². The van der Waals surface area contributed by atoms with Gasteiger partial charge in [0.25, 0.3) is 0 Å². The molecule has 178 valence electrons. The molecule has 0 spiro atoms. The van der Waals surface area contributed by atoms with Crippen molar-refractivity contribution in [2.75, 3.05) is 0 Å². The summed E-state index contributed by atoms with van der Waals surface area (Å²) in [5.41, 5.74) is -0.257. The Kier molecular flexibility index (Phi) is 5.40. The number of nitrogens with zero attached hydrogens (tertiary/aromatic N) is 4. The van der Waals surface area contributed by atoms with Crippen molar-refractivity contribution in [3.05, 3.63) is 5.82 Å². The molecule has 5 rings (SSSR count). The number of hydrogen-bond acceptors (Lipinski definition) is 6. The van der Waals surface area contributed by atoms with E-state index in [1.54, 1.807) is 0 Å². The van der Waals surface area contributed by atoms with Crippen LogP contribution in [0.1, 0.15) is 78.0 Å². The Hall–Kier alpha value is -1.54. The molecule has 0 saturated heterocycles. The number of aliphatic hydroxyl groups excluding tert-OH is 2. The predicted molar refractivity (Wildman–Crippen MR) is 116 cm³/mol. The number of aliphatic carboxylic acids is 1. The molecule has 0 amide bonds. The maximum atomic E-state index is 11.5. The number of carbonyl (C=O) groups is 1. The molecule has 1 aliphatic heterocycles. The Balaban J connectivity index is 1.55. The second kappa shape index (κ2) is 7.76. The lowest BCUT2D eigenvalue weighted by Crippen LogP contribution is -2.56. The molecule has 1 aromatic rings. The standard InChI is InChI=1S/C24H38N4O4/c1-13(4-7-21(31)32)16-5-6-17-22-18(12-20-25-26-27-28(20)24(16,17)3)23(2)9-8-15(29)10-14(23)11-19(22)30/h13-19,22,29-30H,4-12H2,1-3H3,(H,31,32)/t13-,14+,15-,16-,17+,18+,19-,22+,23+,24-/m1/s1. The molecular weight excluding hydrogens is 408 g/mol. The molecule has 0 aromatic carbocycles. The number of aromatic nitrogens is 4. The van der Waals surface area contributed by atoms with Crippen molar-refractivity contribution in [3.8, 4) is 0 Å². The first-order valence-electron chi connectivity index (χ1n) is 12.5. The molecule has 4 aliphatic rings. The molecule has 8 heteroatoms. The number of aliphatic hydroxyl groups is 2. The summed E-state index contributed by atoms with van der Waals surface area (Å²) in [6, 6.07) is 0. The van der Waals surface area contributed by atoms with E-state index in [9.17, 15) is 20.1 Å². The number of fused-ring (bicyclic) bond motifs is 7. The van der Waals surface area contributed by atoms with Gasteiger partial charge < -0.3 is 15.3 Å². The summed E-state index contributed by atoms with van der Waals surface area (Å²) in [7, 11) is 0. The Morgan fingerprint density at radius 1 is 1.19 bits per heavy atom. The normalized spacial score (nSPS) is 46.3. The lowest BCUT2D eigenvalue weighted by molar-refractivity contribution is -0.143. The highest BCUT2D eigenvalue weighted by molar-refractivity contribution is 5.66. The maximum Gasteiger partial charge on any atom is 0.303 e. The number of hydrogen-bond donors (Lipinski definition) is 3. The highest BCUT2D eigenvalue weighted by Gasteiger charge is 2.63. The minimum absolute atomic E-state index is 0.0676. The third-order valence-corrected chi connectivity index (χ3v) is 10.4. The first kappa shape index (κ1) is 22.3. The van der Waals surface area contributed by atoms with Crippen LogP contribution >= 0.6 is 0 Å². The number of rotatable bonds is 4. The molecular formula is C24H38N4O4. The zero-order valence-corrected chi connectivity index (χ0v) is 19.5.